The van der Waals surface area contributed by atoms with E-state index in [-0.39, 0.29) is 11.9 Å². The van der Waals surface area contributed by atoms with Crippen LogP contribution in [0.5, 0.6) is 0 Å². The molecule has 1 amide bonds. The number of benzene rings is 1. The van der Waals surface area contributed by atoms with Crippen molar-refractivity contribution in [2.45, 2.75) is 25.8 Å². The molecule has 104 valence electrons. The van der Waals surface area contributed by atoms with E-state index in [1.54, 1.807) is 6.20 Å². The Morgan fingerprint density at radius 1 is 1.35 bits per heavy atom. The topological polar surface area (TPSA) is 45.2 Å². The van der Waals surface area contributed by atoms with Gasteiger partial charge in [0.1, 0.15) is 0 Å². The maximum absolute atomic E-state index is 12.6. The van der Waals surface area contributed by atoms with E-state index in [4.69, 9.17) is 0 Å². The molecule has 1 unspecified atom stereocenters. The summed E-state index contributed by atoms with van der Waals surface area (Å²) in [6.07, 6.45) is 3.73. The molecule has 3 rings (SSSR count). The zero-order valence-electron chi connectivity index (χ0n) is 11.7. The van der Waals surface area contributed by atoms with Crippen LogP contribution in [-0.2, 0) is 4.79 Å². The lowest BCUT2D eigenvalue weighted by atomic mass is 10.0. The molecule has 0 bridgehead atoms. The average Bonchev–Trinajstić information content (AvgIpc) is 2.49. The van der Waals surface area contributed by atoms with Gasteiger partial charge < -0.3 is 10.2 Å². The average molecular weight is 269 g/mol. The largest absolute Gasteiger partial charge is 0.310 e. The number of piperidine rings is 1. The van der Waals surface area contributed by atoms with Gasteiger partial charge in [-0.1, -0.05) is 13.0 Å². The van der Waals surface area contributed by atoms with Crippen LogP contribution in [-0.4, -0.2) is 30.0 Å². The van der Waals surface area contributed by atoms with Crippen LogP contribution in [0.25, 0.3) is 10.9 Å². The zero-order chi connectivity index (χ0) is 13.9. The number of hydrogen-bond donors (Lipinski definition) is 1. The molecule has 1 aromatic carbocycles. The van der Waals surface area contributed by atoms with Gasteiger partial charge in [0.05, 0.1) is 17.2 Å². The van der Waals surface area contributed by atoms with E-state index in [0.29, 0.717) is 0 Å². The van der Waals surface area contributed by atoms with E-state index in [9.17, 15) is 4.79 Å². The van der Waals surface area contributed by atoms with Crippen LogP contribution in [0.1, 0.15) is 19.8 Å². The second kappa shape index (κ2) is 5.59. The lowest BCUT2D eigenvalue weighted by Gasteiger charge is -2.33. The molecule has 0 aliphatic carbocycles. The van der Waals surface area contributed by atoms with Crippen LogP contribution in [0.15, 0.2) is 36.5 Å². The number of anilines is 1. The highest BCUT2D eigenvalue weighted by Crippen LogP contribution is 2.28. The number of hydrogen-bond acceptors (Lipinski definition) is 3. The SMILES string of the molecule is CCNC1CCCN(c2cccc3ncccc23)C1=O. The fraction of sp³-hybridized carbons (Fsp3) is 0.375. The number of aromatic nitrogens is 1. The number of rotatable bonds is 3. The molecule has 0 radical (unpaired) electrons. The van der Waals surface area contributed by atoms with Gasteiger partial charge in [-0.25, -0.2) is 0 Å². The summed E-state index contributed by atoms with van der Waals surface area (Å²) in [5.74, 6) is 0.175. The molecular formula is C16H19N3O. The Hall–Kier alpha value is -1.94. The third-order valence-corrected chi connectivity index (χ3v) is 3.80. The van der Waals surface area contributed by atoms with Gasteiger partial charge in [0, 0.05) is 18.1 Å². The summed E-state index contributed by atoms with van der Waals surface area (Å²) in [4.78, 5) is 18.9. The van der Waals surface area contributed by atoms with Crippen molar-refractivity contribution in [1.29, 1.82) is 0 Å². The highest BCUT2D eigenvalue weighted by Gasteiger charge is 2.29. The predicted octanol–water partition coefficient (Wildman–Crippen LogP) is 2.34. The van der Waals surface area contributed by atoms with E-state index in [0.717, 1.165) is 42.5 Å². The fourth-order valence-electron chi connectivity index (χ4n) is 2.87. The van der Waals surface area contributed by atoms with Crippen molar-refractivity contribution in [2.75, 3.05) is 18.0 Å². The minimum Gasteiger partial charge on any atom is -0.310 e. The minimum absolute atomic E-state index is 0.0549. The summed E-state index contributed by atoms with van der Waals surface area (Å²) in [5.41, 5.74) is 1.91. The molecule has 0 spiro atoms. The monoisotopic (exact) mass is 269 g/mol. The third-order valence-electron chi connectivity index (χ3n) is 3.80. The van der Waals surface area contributed by atoms with Gasteiger partial charge in [-0.2, -0.15) is 0 Å². The van der Waals surface area contributed by atoms with Crippen molar-refractivity contribution in [3.8, 4) is 0 Å². The normalized spacial score (nSPS) is 19.6. The van der Waals surface area contributed by atoms with Gasteiger partial charge in [-0.3, -0.25) is 9.78 Å². The second-order valence-corrected chi connectivity index (χ2v) is 5.09. The first-order valence-electron chi connectivity index (χ1n) is 7.19. The van der Waals surface area contributed by atoms with Crippen LogP contribution in [0, 0.1) is 0 Å². The number of nitrogens with zero attached hydrogens (tertiary/aromatic N) is 2. The maximum Gasteiger partial charge on any atom is 0.244 e. The Labute approximate surface area is 118 Å². The third kappa shape index (κ3) is 2.27. The highest BCUT2D eigenvalue weighted by atomic mass is 16.2. The Morgan fingerprint density at radius 2 is 2.25 bits per heavy atom. The Balaban J connectivity index is 2.00. The molecule has 1 aromatic heterocycles. The van der Waals surface area contributed by atoms with Crippen molar-refractivity contribution in [2.24, 2.45) is 0 Å². The quantitative estimate of drug-likeness (QED) is 0.930. The maximum atomic E-state index is 12.6. The van der Waals surface area contributed by atoms with E-state index in [2.05, 4.69) is 10.3 Å². The van der Waals surface area contributed by atoms with Gasteiger partial charge in [0.25, 0.3) is 0 Å². The number of pyridine rings is 1. The van der Waals surface area contributed by atoms with E-state index < -0.39 is 0 Å². The van der Waals surface area contributed by atoms with Gasteiger partial charge in [0.15, 0.2) is 0 Å². The summed E-state index contributed by atoms with van der Waals surface area (Å²) >= 11 is 0. The van der Waals surface area contributed by atoms with Gasteiger partial charge >= 0.3 is 0 Å². The Morgan fingerprint density at radius 3 is 3.10 bits per heavy atom. The molecule has 4 nitrogen and oxygen atoms in total. The van der Waals surface area contributed by atoms with Crippen molar-refractivity contribution in [1.82, 2.24) is 10.3 Å². The van der Waals surface area contributed by atoms with Gasteiger partial charge in [-0.15, -0.1) is 0 Å². The number of amides is 1. The number of fused-ring (bicyclic) bond motifs is 1. The molecule has 1 saturated heterocycles. The lowest BCUT2D eigenvalue weighted by Crippen LogP contribution is -2.50. The van der Waals surface area contributed by atoms with Crippen molar-refractivity contribution in [3.63, 3.8) is 0 Å². The van der Waals surface area contributed by atoms with Crippen LogP contribution in [0.4, 0.5) is 5.69 Å². The molecule has 1 fully saturated rings. The first-order valence-corrected chi connectivity index (χ1v) is 7.19. The standard InChI is InChI=1S/C16H19N3O/c1-2-17-14-8-5-11-19(16(14)20)15-9-3-7-13-12(15)6-4-10-18-13/h3-4,6-7,9-10,14,17H,2,5,8,11H2,1H3. The zero-order valence-corrected chi connectivity index (χ0v) is 11.7. The molecule has 20 heavy (non-hydrogen) atoms. The lowest BCUT2D eigenvalue weighted by molar-refractivity contribution is -0.121. The summed E-state index contributed by atoms with van der Waals surface area (Å²) < 4.78 is 0. The smallest absolute Gasteiger partial charge is 0.244 e. The van der Waals surface area contributed by atoms with Gasteiger partial charge in [-0.05, 0) is 43.7 Å². The van der Waals surface area contributed by atoms with Crippen molar-refractivity contribution in [3.05, 3.63) is 36.5 Å². The predicted molar refractivity (Wildman–Crippen MR) is 80.8 cm³/mol. The van der Waals surface area contributed by atoms with Crippen LogP contribution >= 0.6 is 0 Å². The second-order valence-electron chi connectivity index (χ2n) is 5.09. The summed E-state index contributed by atoms with van der Waals surface area (Å²) in [7, 11) is 0. The number of carbonyl (C=O) groups is 1. The van der Waals surface area contributed by atoms with E-state index in [1.165, 1.54) is 0 Å². The molecule has 1 aliphatic heterocycles. The number of carbonyl (C=O) groups excluding carboxylic acids is 1. The first-order chi connectivity index (χ1) is 9.81. The summed E-state index contributed by atoms with van der Waals surface area (Å²) in [6, 6.07) is 9.85. The molecule has 0 saturated carbocycles. The summed E-state index contributed by atoms with van der Waals surface area (Å²) in [5, 5.41) is 4.32. The van der Waals surface area contributed by atoms with Crippen LogP contribution in [0.2, 0.25) is 0 Å². The van der Waals surface area contributed by atoms with Gasteiger partial charge in [0.2, 0.25) is 5.91 Å². The highest BCUT2D eigenvalue weighted by molar-refractivity contribution is 6.05. The molecule has 4 heteroatoms. The number of likely N-dealkylation sites (N-methyl/N-ethyl adjacent to an activating group) is 1. The molecule has 1 N–H and O–H groups in total. The van der Waals surface area contributed by atoms with E-state index >= 15 is 0 Å². The molecule has 2 aromatic rings. The van der Waals surface area contributed by atoms with Crippen LogP contribution < -0.4 is 10.2 Å². The van der Waals surface area contributed by atoms with Crippen LogP contribution in [0.3, 0.4) is 0 Å². The Kier molecular flexibility index (Phi) is 3.65. The fourth-order valence-corrected chi connectivity index (χ4v) is 2.87. The molecule has 1 atom stereocenters. The van der Waals surface area contributed by atoms with Crippen molar-refractivity contribution < 1.29 is 4.79 Å². The summed E-state index contributed by atoms with van der Waals surface area (Å²) in [6.45, 7) is 3.64. The molecule has 2 heterocycles. The minimum atomic E-state index is -0.0549. The van der Waals surface area contributed by atoms with Crippen molar-refractivity contribution >= 4 is 22.5 Å². The molecule has 1 aliphatic rings. The van der Waals surface area contributed by atoms with E-state index in [1.807, 2.05) is 42.2 Å². The Bertz CT molecular complexity index is 619. The first kappa shape index (κ1) is 13.1. The molecular weight excluding hydrogens is 250 g/mol. The number of nitrogens with one attached hydrogen (secondary N) is 1.